The summed E-state index contributed by atoms with van der Waals surface area (Å²) in [5.41, 5.74) is 0.473. The van der Waals surface area contributed by atoms with Crippen LogP contribution in [0.5, 0.6) is 0 Å². The van der Waals surface area contributed by atoms with Crippen LogP contribution in [0.1, 0.15) is 23.2 Å². The molecule has 1 N–H and O–H groups in total. The second-order valence-electron chi connectivity index (χ2n) is 3.55. The number of hydrogen-bond donors (Lipinski definition) is 1. The number of aliphatic hydroxyl groups is 1. The van der Waals surface area contributed by atoms with E-state index in [1.807, 2.05) is 0 Å². The van der Waals surface area contributed by atoms with E-state index in [0.717, 1.165) is 6.26 Å². The van der Waals surface area contributed by atoms with E-state index in [4.69, 9.17) is 5.11 Å². The Balaban J connectivity index is 2.83. The minimum absolute atomic E-state index is 0.0207. The molecular weight excluding hydrogens is 228 g/mol. The molecule has 0 atom stereocenters. The lowest BCUT2D eigenvalue weighted by atomic mass is 10.1. The third-order valence-corrected chi connectivity index (χ3v) is 3.29. The fourth-order valence-electron chi connectivity index (χ4n) is 1.27. The number of carbonyl (C=O) groups is 1. The van der Waals surface area contributed by atoms with E-state index in [-0.39, 0.29) is 23.7 Å². The predicted molar refractivity (Wildman–Crippen MR) is 60.2 cm³/mol. The number of hydrogen-bond acceptors (Lipinski definition) is 4. The molecule has 0 saturated heterocycles. The number of carbonyl (C=O) groups excluding carboxylic acids is 1. The van der Waals surface area contributed by atoms with E-state index in [1.54, 1.807) is 0 Å². The van der Waals surface area contributed by atoms with Gasteiger partial charge in [-0.3, -0.25) is 4.79 Å². The van der Waals surface area contributed by atoms with Crippen molar-refractivity contribution in [2.75, 3.05) is 12.9 Å². The number of ketones is 1. The van der Waals surface area contributed by atoms with Gasteiger partial charge in [0.2, 0.25) is 0 Å². The van der Waals surface area contributed by atoms with Crippen LogP contribution in [-0.2, 0) is 9.84 Å². The maximum atomic E-state index is 11.5. The number of rotatable bonds is 5. The first-order chi connectivity index (χ1) is 7.45. The average molecular weight is 242 g/mol. The first-order valence-corrected chi connectivity index (χ1v) is 6.78. The van der Waals surface area contributed by atoms with Gasteiger partial charge in [0.15, 0.2) is 15.6 Å². The van der Waals surface area contributed by atoms with Crippen LogP contribution in [0.4, 0.5) is 0 Å². The van der Waals surface area contributed by atoms with Gasteiger partial charge in [0.1, 0.15) is 0 Å². The minimum atomic E-state index is -3.21. The molecule has 4 nitrogen and oxygen atoms in total. The third kappa shape index (κ3) is 3.43. The van der Waals surface area contributed by atoms with Crippen LogP contribution in [-0.4, -0.2) is 32.2 Å². The quantitative estimate of drug-likeness (QED) is 0.783. The molecule has 1 aromatic carbocycles. The molecule has 0 saturated carbocycles. The maximum Gasteiger partial charge on any atom is 0.175 e. The Hall–Kier alpha value is -1.20. The lowest BCUT2D eigenvalue weighted by Gasteiger charge is -2.01. The van der Waals surface area contributed by atoms with Gasteiger partial charge in [0, 0.05) is 24.8 Å². The number of Topliss-reactive ketones (excluding diaryl/α,β-unsaturated/α-hetero) is 1. The zero-order chi connectivity index (χ0) is 12.2. The van der Waals surface area contributed by atoms with Gasteiger partial charge in [-0.25, -0.2) is 8.42 Å². The van der Waals surface area contributed by atoms with Crippen molar-refractivity contribution in [3.63, 3.8) is 0 Å². The van der Waals surface area contributed by atoms with Crippen LogP contribution in [0.15, 0.2) is 29.2 Å². The molecule has 1 rings (SSSR count). The normalized spacial score (nSPS) is 11.4. The van der Waals surface area contributed by atoms with Gasteiger partial charge in [-0.1, -0.05) is 12.1 Å². The van der Waals surface area contributed by atoms with Gasteiger partial charge < -0.3 is 5.11 Å². The molecule has 0 heterocycles. The monoisotopic (exact) mass is 242 g/mol. The molecule has 0 radical (unpaired) electrons. The molecule has 0 unspecified atom stereocenters. The van der Waals surface area contributed by atoms with E-state index in [1.165, 1.54) is 24.3 Å². The van der Waals surface area contributed by atoms with E-state index < -0.39 is 9.84 Å². The van der Waals surface area contributed by atoms with Crippen LogP contribution >= 0.6 is 0 Å². The number of benzene rings is 1. The molecule has 0 bridgehead atoms. The van der Waals surface area contributed by atoms with E-state index in [0.29, 0.717) is 12.0 Å². The summed E-state index contributed by atoms with van der Waals surface area (Å²) in [7, 11) is -3.21. The predicted octanol–water partition coefficient (Wildman–Crippen LogP) is 1.05. The molecule has 0 aliphatic heterocycles. The highest BCUT2D eigenvalue weighted by Gasteiger charge is 2.09. The first kappa shape index (κ1) is 12.9. The molecule has 0 aliphatic carbocycles. The van der Waals surface area contributed by atoms with E-state index >= 15 is 0 Å². The summed E-state index contributed by atoms with van der Waals surface area (Å²) < 4.78 is 22.3. The largest absolute Gasteiger partial charge is 0.396 e. The topological polar surface area (TPSA) is 71.4 Å². The summed E-state index contributed by atoms with van der Waals surface area (Å²) in [5.74, 6) is -0.0888. The Morgan fingerprint density at radius 3 is 2.25 bits per heavy atom. The maximum absolute atomic E-state index is 11.5. The zero-order valence-electron chi connectivity index (χ0n) is 9.01. The van der Waals surface area contributed by atoms with Gasteiger partial charge in [-0.15, -0.1) is 0 Å². The molecule has 0 amide bonds. The second kappa shape index (κ2) is 5.23. The molecule has 88 valence electrons. The van der Waals surface area contributed by atoms with Gasteiger partial charge in [0.25, 0.3) is 0 Å². The third-order valence-electron chi connectivity index (χ3n) is 2.17. The highest BCUT2D eigenvalue weighted by atomic mass is 32.2. The van der Waals surface area contributed by atoms with Crippen LogP contribution in [0, 0.1) is 0 Å². The van der Waals surface area contributed by atoms with Crippen molar-refractivity contribution in [1.29, 1.82) is 0 Å². The molecule has 5 heteroatoms. The van der Waals surface area contributed by atoms with Crippen molar-refractivity contribution in [2.45, 2.75) is 17.7 Å². The molecule has 1 aromatic rings. The van der Waals surface area contributed by atoms with Crippen molar-refractivity contribution < 1.29 is 18.3 Å². The van der Waals surface area contributed by atoms with Crippen LogP contribution in [0.3, 0.4) is 0 Å². The fourth-order valence-corrected chi connectivity index (χ4v) is 1.90. The van der Waals surface area contributed by atoms with Crippen molar-refractivity contribution in [2.24, 2.45) is 0 Å². The summed E-state index contributed by atoms with van der Waals surface area (Å²) in [6.07, 6.45) is 1.82. The lowest BCUT2D eigenvalue weighted by Crippen LogP contribution is -2.02. The minimum Gasteiger partial charge on any atom is -0.396 e. The van der Waals surface area contributed by atoms with E-state index in [9.17, 15) is 13.2 Å². The SMILES string of the molecule is CS(=O)(=O)c1ccc(C(=O)CCCO)cc1. The Kier molecular flexibility index (Phi) is 4.20. The molecule has 0 aromatic heterocycles. The summed E-state index contributed by atoms with van der Waals surface area (Å²) in [4.78, 5) is 11.7. The number of sulfone groups is 1. The van der Waals surface area contributed by atoms with E-state index in [2.05, 4.69) is 0 Å². The molecule has 0 aliphatic rings. The Morgan fingerprint density at radius 1 is 1.25 bits per heavy atom. The Morgan fingerprint density at radius 2 is 1.81 bits per heavy atom. The highest BCUT2D eigenvalue weighted by Crippen LogP contribution is 2.12. The smallest absolute Gasteiger partial charge is 0.175 e. The van der Waals surface area contributed by atoms with Crippen molar-refractivity contribution >= 4 is 15.6 Å². The van der Waals surface area contributed by atoms with Crippen LogP contribution in [0.25, 0.3) is 0 Å². The Labute approximate surface area is 94.8 Å². The lowest BCUT2D eigenvalue weighted by molar-refractivity contribution is 0.0971. The molecule has 16 heavy (non-hydrogen) atoms. The van der Waals surface area contributed by atoms with Gasteiger partial charge >= 0.3 is 0 Å². The molecule has 0 spiro atoms. The summed E-state index contributed by atoms with van der Waals surface area (Å²) >= 11 is 0. The van der Waals surface area contributed by atoms with Crippen molar-refractivity contribution in [3.8, 4) is 0 Å². The first-order valence-electron chi connectivity index (χ1n) is 4.89. The van der Waals surface area contributed by atoms with Gasteiger partial charge in [-0.05, 0) is 18.6 Å². The van der Waals surface area contributed by atoms with Crippen LogP contribution in [0.2, 0.25) is 0 Å². The summed E-state index contributed by atoms with van der Waals surface area (Å²) in [6, 6.07) is 5.83. The summed E-state index contributed by atoms with van der Waals surface area (Å²) in [5, 5.41) is 8.58. The van der Waals surface area contributed by atoms with Crippen molar-refractivity contribution in [3.05, 3.63) is 29.8 Å². The Bertz CT molecular complexity index is 459. The molecular formula is C11H14O4S. The van der Waals surface area contributed by atoms with Crippen LogP contribution < -0.4 is 0 Å². The number of aliphatic hydroxyl groups excluding tert-OH is 1. The highest BCUT2D eigenvalue weighted by molar-refractivity contribution is 7.90. The fraction of sp³-hybridized carbons (Fsp3) is 0.364. The van der Waals surface area contributed by atoms with Gasteiger partial charge in [0.05, 0.1) is 4.90 Å². The second-order valence-corrected chi connectivity index (χ2v) is 5.56. The standard InChI is InChI=1S/C11H14O4S/c1-16(14,15)10-6-4-9(5-7-10)11(13)3-2-8-12/h4-7,12H,2-3,8H2,1H3. The van der Waals surface area contributed by atoms with Gasteiger partial charge in [-0.2, -0.15) is 0 Å². The molecule has 0 fully saturated rings. The average Bonchev–Trinajstić information content (AvgIpc) is 2.25. The zero-order valence-corrected chi connectivity index (χ0v) is 9.83. The van der Waals surface area contributed by atoms with Crippen molar-refractivity contribution in [1.82, 2.24) is 0 Å². The summed E-state index contributed by atoms with van der Waals surface area (Å²) in [6.45, 7) is -0.0207.